The predicted octanol–water partition coefficient (Wildman–Crippen LogP) is 3.56. The third-order valence-corrected chi connectivity index (χ3v) is 5.34. The van der Waals surface area contributed by atoms with Crippen molar-refractivity contribution in [3.05, 3.63) is 17.2 Å². The molecule has 2 heterocycles. The quantitative estimate of drug-likeness (QED) is 0.900. The summed E-state index contributed by atoms with van der Waals surface area (Å²) in [4.78, 5) is 14.7. The largest absolute Gasteiger partial charge is 0.490 e. The van der Waals surface area contributed by atoms with Gasteiger partial charge in [0.1, 0.15) is 0 Å². The lowest BCUT2D eigenvalue weighted by Crippen LogP contribution is -2.37. The average molecular weight is 353 g/mol. The maximum absolute atomic E-state index is 12.4. The number of nitrogens with one attached hydrogen (secondary N) is 1. The zero-order valence-corrected chi connectivity index (χ0v) is 15.1. The molecule has 1 N–H and O–H groups in total. The normalized spacial score (nSPS) is 23.8. The van der Waals surface area contributed by atoms with Crippen LogP contribution in [0.25, 0.3) is 0 Å². The Balaban J connectivity index is 1.65. The highest BCUT2D eigenvalue weighted by molar-refractivity contribution is 6.34. The van der Waals surface area contributed by atoms with Crippen LogP contribution >= 0.6 is 11.6 Å². The van der Waals surface area contributed by atoms with Crippen LogP contribution in [0.2, 0.25) is 5.02 Å². The topological polar surface area (TPSA) is 50.8 Å². The van der Waals surface area contributed by atoms with E-state index >= 15 is 0 Å². The third-order valence-electron chi connectivity index (χ3n) is 5.03. The molecule has 0 radical (unpaired) electrons. The van der Waals surface area contributed by atoms with E-state index in [9.17, 15) is 4.79 Å². The lowest BCUT2D eigenvalue weighted by molar-refractivity contribution is -0.117. The average Bonchev–Trinajstić information content (AvgIpc) is 2.76. The van der Waals surface area contributed by atoms with E-state index in [0.29, 0.717) is 53.9 Å². The Morgan fingerprint density at radius 2 is 2.04 bits per heavy atom. The Bertz CT molecular complexity index is 608. The van der Waals surface area contributed by atoms with E-state index in [1.165, 1.54) is 0 Å². The number of hydrogen-bond donors (Lipinski definition) is 1. The molecule has 0 saturated carbocycles. The van der Waals surface area contributed by atoms with Crippen molar-refractivity contribution in [2.24, 2.45) is 5.92 Å². The fourth-order valence-electron chi connectivity index (χ4n) is 3.50. The molecule has 0 spiro atoms. The van der Waals surface area contributed by atoms with Gasteiger partial charge >= 0.3 is 0 Å². The molecule has 1 fully saturated rings. The predicted molar refractivity (Wildman–Crippen MR) is 95.1 cm³/mol. The molecule has 1 amide bonds. The number of carbonyl (C=O) groups excluding carboxylic acids is 1. The molecule has 2 aliphatic rings. The number of likely N-dealkylation sites (tertiary alicyclic amines) is 1. The summed E-state index contributed by atoms with van der Waals surface area (Å²) in [6.45, 7) is 6.99. The second kappa shape index (κ2) is 7.62. The van der Waals surface area contributed by atoms with E-state index in [1.807, 2.05) is 0 Å². The van der Waals surface area contributed by atoms with Crippen LogP contribution in [0.15, 0.2) is 12.1 Å². The number of fused-ring (bicyclic) bond motifs is 1. The second-order valence-electron chi connectivity index (χ2n) is 6.55. The van der Waals surface area contributed by atoms with Crippen LogP contribution in [-0.4, -0.2) is 43.2 Å². The van der Waals surface area contributed by atoms with Crippen LogP contribution < -0.4 is 14.8 Å². The van der Waals surface area contributed by atoms with E-state index in [-0.39, 0.29) is 5.91 Å². The Morgan fingerprint density at radius 1 is 1.33 bits per heavy atom. The van der Waals surface area contributed by atoms with Crippen molar-refractivity contribution < 1.29 is 14.3 Å². The molecule has 1 saturated heterocycles. The summed E-state index contributed by atoms with van der Waals surface area (Å²) in [7, 11) is 0. The first-order valence-electron chi connectivity index (χ1n) is 8.71. The van der Waals surface area contributed by atoms with Crippen molar-refractivity contribution in [1.29, 1.82) is 0 Å². The van der Waals surface area contributed by atoms with Gasteiger partial charge in [-0.25, -0.2) is 0 Å². The van der Waals surface area contributed by atoms with Crippen molar-refractivity contribution in [3.8, 4) is 11.5 Å². The van der Waals surface area contributed by atoms with Crippen molar-refractivity contribution in [2.75, 3.05) is 31.6 Å². The monoisotopic (exact) mass is 352 g/mol. The Kier molecular flexibility index (Phi) is 5.51. The highest BCUT2D eigenvalue weighted by Gasteiger charge is 2.30. The van der Waals surface area contributed by atoms with Gasteiger partial charge in [0.25, 0.3) is 0 Å². The zero-order chi connectivity index (χ0) is 17.1. The minimum atomic E-state index is -0.0463. The van der Waals surface area contributed by atoms with Gasteiger partial charge in [-0.1, -0.05) is 24.9 Å². The van der Waals surface area contributed by atoms with Gasteiger partial charge in [0, 0.05) is 24.6 Å². The number of carbonyl (C=O) groups is 1. The first-order chi connectivity index (χ1) is 11.6. The minimum absolute atomic E-state index is 0.0463. The first kappa shape index (κ1) is 17.4. The fourth-order valence-corrected chi connectivity index (χ4v) is 3.70. The van der Waals surface area contributed by atoms with Gasteiger partial charge in [-0.05, 0) is 25.8 Å². The molecule has 2 atom stereocenters. The third kappa shape index (κ3) is 3.78. The van der Waals surface area contributed by atoms with Crippen LogP contribution in [0.4, 0.5) is 5.69 Å². The van der Waals surface area contributed by atoms with E-state index < -0.39 is 0 Å². The molecule has 24 heavy (non-hydrogen) atoms. The van der Waals surface area contributed by atoms with Crippen LogP contribution in [0.5, 0.6) is 11.5 Å². The van der Waals surface area contributed by atoms with Crippen molar-refractivity contribution >= 4 is 23.2 Å². The molecule has 0 bridgehead atoms. The van der Waals surface area contributed by atoms with Crippen LogP contribution in [0.1, 0.15) is 33.1 Å². The zero-order valence-electron chi connectivity index (χ0n) is 14.3. The highest BCUT2D eigenvalue weighted by atomic mass is 35.5. The van der Waals surface area contributed by atoms with E-state index in [2.05, 4.69) is 24.1 Å². The van der Waals surface area contributed by atoms with E-state index in [0.717, 1.165) is 25.8 Å². The first-order valence-corrected chi connectivity index (χ1v) is 9.09. The molecule has 1 aromatic carbocycles. The van der Waals surface area contributed by atoms with Gasteiger partial charge in [0.2, 0.25) is 5.91 Å². The lowest BCUT2D eigenvalue weighted by Gasteiger charge is -2.23. The van der Waals surface area contributed by atoms with Gasteiger partial charge < -0.3 is 14.8 Å². The van der Waals surface area contributed by atoms with E-state index in [4.69, 9.17) is 21.1 Å². The van der Waals surface area contributed by atoms with Gasteiger partial charge in [-0.3, -0.25) is 9.69 Å². The lowest BCUT2D eigenvalue weighted by atomic mass is 9.99. The summed E-state index contributed by atoms with van der Waals surface area (Å²) in [5, 5.41) is 3.38. The van der Waals surface area contributed by atoms with Gasteiger partial charge in [-0.15, -0.1) is 0 Å². The molecule has 5 nitrogen and oxygen atoms in total. The number of ether oxygens (including phenoxy) is 2. The Morgan fingerprint density at radius 3 is 2.71 bits per heavy atom. The van der Waals surface area contributed by atoms with Crippen molar-refractivity contribution in [1.82, 2.24) is 4.90 Å². The van der Waals surface area contributed by atoms with Crippen molar-refractivity contribution in [3.63, 3.8) is 0 Å². The molecule has 2 unspecified atom stereocenters. The summed E-state index contributed by atoms with van der Waals surface area (Å²) in [5.74, 6) is 1.90. The maximum atomic E-state index is 12.4. The van der Waals surface area contributed by atoms with Gasteiger partial charge in [-0.2, -0.15) is 0 Å². The highest BCUT2D eigenvalue weighted by Crippen LogP contribution is 2.37. The molecular weight excluding hydrogens is 328 g/mol. The molecule has 132 valence electrons. The SMILES string of the molecule is CCC1CCN(CC(=O)Nc2cc3c(cc2Cl)OCCCO3)C1C. The molecule has 3 rings (SSSR count). The molecule has 1 aromatic rings. The summed E-state index contributed by atoms with van der Waals surface area (Å²) < 4.78 is 11.3. The maximum Gasteiger partial charge on any atom is 0.238 e. The second-order valence-corrected chi connectivity index (χ2v) is 6.95. The fraction of sp³-hybridized carbons (Fsp3) is 0.611. The van der Waals surface area contributed by atoms with Crippen LogP contribution in [0, 0.1) is 5.92 Å². The minimum Gasteiger partial charge on any atom is -0.490 e. The number of anilines is 1. The Hall–Kier alpha value is -1.46. The number of rotatable bonds is 4. The molecule has 2 aliphatic heterocycles. The van der Waals surface area contributed by atoms with Gasteiger partial charge in [0.15, 0.2) is 11.5 Å². The number of benzene rings is 1. The summed E-state index contributed by atoms with van der Waals surface area (Å²) >= 11 is 6.29. The molecule has 0 aromatic heterocycles. The summed E-state index contributed by atoms with van der Waals surface area (Å²) in [5.41, 5.74) is 0.574. The Labute approximate surface area is 148 Å². The number of hydrogen-bond acceptors (Lipinski definition) is 4. The van der Waals surface area contributed by atoms with E-state index in [1.54, 1.807) is 12.1 Å². The summed E-state index contributed by atoms with van der Waals surface area (Å²) in [6.07, 6.45) is 3.16. The van der Waals surface area contributed by atoms with Crippen molar-refractivity contribution in [2.45, 2.75) is 39.2 Å². The molecular formula is C18H25ClN2O3. The number of halogens is 1. The number of nitrogens with zero attached hydrogens (tertiary/aromatic N) is 1. The van der Waals surface area contributed by atoms with Crippen LogP contribution in [0.3, 0.4) is 0 Å². The van der Waals surface area contributed by atoms with Gasteiger partial charge in [0.05, 0.1) is 30.5 Å². The smallest absolute Gasteiger partial charge is 0.238 e. The van der Waals surface area contributed by atoms with Crippen LogP contribution in [-0.2, 0) is 4.79 Å². The molecule has 0 aliphatic carbocycles. The molecule has 6 heteroatoms. The number of amides is 1. The summed E-state index contributed by atoms with van der Waals surface area (Å²) in [6, 6.07) is 3.91. The standard InChI is InChI=1S/C18H25ClN2O3/c1-3-13-5-6-21(12(13)2)11-18(22)20-15-10-17-16(9-14(15)19)23-7-4-8-24-17/h9-10,12-13H,3-8,11H2,1-2H3,(H,20,22).